The van der Waals surface area contributed by atoms with Gasteiger partial charge in [0.2, 0.25) is 0 Å². The van der Waals surface area contributed by atoms with Crippen molar-refractivity contribution in [3.63, 3.8) is 0 Å². The van der Waals surface area contributed by atoms with Crippen LogP contribution in [0.3, 0.4) is 0 Å². The molecule has 0 aliphatic rings. The summed E-state index contributed by atoms with van der Waals surface area (Å²) >= 11 is 0. The van der Waals surface area contributed by atoms with Gasteiger partial charge in [-0.3, -0.25) is 9.11 Å². The summed E-state index contributed by atoms with van der Waals surface area (Å²) in [6.45, 7) is 0. The van der Waals surface area contributed by atoms with Gasteiger partial charge in [0.15, 0.2) is 0 Å². The summed E-state index contributed by atoms with van der Waals surface area (Å²) in [6.07, 6.45) is 2.62. The highest BCUT2D eigenvalue weighted by molar-refractivity contribution is 7.89. The van der Waals surface area contributed by atoms with Crippen molar-refractivity contribution in [2.75, 3.05) is 5.73 Å². The minimum atomic E-state index is -5.29. The van der Waals surface area contributed by atoms with Crippen molar-refractivity contribution in [3.05, 3.63) is 89.5 Å². The lowest BCUT2D eigenvalue weighted by molar-refractivity contribution is 0.466. The topological polar surface area (TPSA) is 212 Å². The Morgan fingerprint density at radius 1 is 0.686 bits per heavy atom. The highest BCUT2D eigenvalue weighted by Gasteiger charge is 2.33. The van der Waals surface area contributed by atoms with E-state index in [9.17, 15) is 25.9 Å². The van der Waals surface area contributed by atoms with Crippen LogP contribution in [-0.2, 0) is 20.2 Å². The van der Waals surface area contributed by atoms with E-state index in [0.29, 0.717) is 5.56 Å². The van der Waals surface area contributed by atoms with Crippen LogP contribution in [0.1, 0.15) is 22.5 Å². The monoisotopic (exact) mass is 513 g/mol. The van der Waals surface area contributed by atoms with E-state index in [4.69, 9.17) is 5.73 Å². The van der Waals surface area contributed by atoms with Crippen molar-refractivity contribution >= 4 is 37.1 Å². The predicted molar refractivity (Wildman–Crippen MR) is 122 cm³/mol. The molecular formula is C20H15N7O6S2. The molecule has 0 aliphatic heterocycles. The molecule has 0 amide bonds. The number of nitrogen functional groups attached to an aromatic ring is 1. The van der Waals surface area contributed by atoms with Gasteiger partial charge in [-0.1, -0.05) is 36.4 Å². The molecule has 0 spiro atoms. The maximum Gasteiger partial charge on any atom is 0.298 e. The fraction of sp³-hybridized carbons (Fsp3) is 0. The molecule has 0 saturated carbocycles. The fourth-order valence-corrected chi connectivity index (χ4v) is 5.61. The van der Waals surface area contributed by atoms with Crippen molar-refractivity contribution in [1.29, 1.82) is 0 Å². The summed E-state index contributed by atoms with van der Waals surface area (Å²) in [5, 5.41) is 22.5. The number of nitrogens with two attached hydrogens (primary N) is 1. The number of aromatic nitrogens is 6. The van der Waals surface area contributed by atoms with Crippen molar-refractivity contribution in [2.45, 2.75) is 9.79 Å². The summed E-state index contributed by atoms with van der Waals surface area (Å²) in [5.74, 6) is 0. The molecule has 0 aliphatic carbocycles. The first kappa shape index (κ1) is 24.0. The number of benzene rings is 2. The fourth-order valence-electron chi connectivity index (χ4n) is 3.47. The van der Waals surface area contributed by atoms with E-state index in [2.05, 4.69) is 30.8 Å². The minimum Gasteiger partial charge on any atom is -0.398 e. The summed E-state index contributed by atoms with van der Waals surface area (Å²) < 4.78 is 69.2. The number of rotatable bonds is 6. The first-order valence-corrected chi connectivity index (χ1v) is 12.4. The third kappa shape index (κ3) is 4.87. The molecule has 4 aromatic rings. The van der Waals surface area contributed by atoms with Crippen molar-refractivity contribution < 1.29 is 25.9 Å². The number of anilines is 1. The first-order chi connectivity index (χ1) is 16.6. The lowest BCUT2D eigenvalue weighted by atomic mass is 9.90. The molecule has 2 aromatic carbocycles. The lowest BCUT2D eigenvalue weighted by Crippen LogP contribution is -2.15. The van der Waals surface area contributed by atoms with E-state index in [1.807, 2.05) is 0 Å². The van der Waals surface area contributed by atoms with E-state index >= 15 is 0 Å². The molecule has 0 unspecified atom stereocenters. The van der Waals surface area contributed by atoms with Gasteiger partial charge in [-0.05, 0) is 34.2 Å². The molecule has 2 heterocycles. The van der Waals surface area contributed by atoms with Crippen molar-refractivity contribution in [2.24, 2.45) is 0 Å². The molecule has 0 atom stereocenters. The average Bonchev–Trinajstić information content (AvgIpc) is 2.83. The molecular weight excluding hydrogens is 498 g/mol. The molecule has 0 radical (unpaired) electrons. The second kappa shape index (κ2) is 9.22. The maximum atomic E-state index is 12.5. The molecule has 13 nitrogen and oxygen atoms in total. The molecule has 35 heavy (non-hydrogen) atoms. The molecule has 2 aromatic heterocycles. The SMILES string of the molecule is Nc1ccc(C(=C(c2ccccc2)c2ccnnn2)c2ccnnn2)c(S(=O)(=O)O)c1S(=O)(=O)O. The van der Waals surface area contributed by atoms with Gasteiger partial charge < -0.3 is 5.73 Å². The van der Waals surface area contributed by atoms with E-state index in [1.165, 1.54) is 30.6 Å². The predicted octanol–water partition coefficient (Wildman–Crippen LogP) is 1.14. The molecule has 15 heteroatoms. The average molecular weight is 514 g/mol. The minimum absolute atomic E-state index is 0.0240. The first-order valence-electron chi connectivity index (χ1n) is 9.56. The van der Waals surface area contributed by atoms with Crippen LogP contribution in [-0.4, -0.2) is 56.8 Å². The van der Waals surface area contributed by atoms with E-state index in [0.717, 1.165) is 6.07 Å². The largest absolute Gasteiger partial charge is 0.398 e. The van der Waals surface area contributed by atoms with Crippen LogP contribution < -0.4 is 5.73 Å². The van der Waals surface area contributed by atoms with Crippen LogP contribution in [0.25, 0.3) is 11.1 Å². The zero-order valence-electron chi connectivity index (χ0n) is 17.5. The van der Waals surface area contributed by atoms with Gasteiger partial charge in [0.1, 0.15) is 9.79 Å². The van der Waals surface area contributed by atoms with Crippen molar-refractivity contribution in [1.82, 2.24) is 30.8 Å². The van der Waals surface area contributed by atoms with E-state index < -0.39 is 35.7 Å². The van der Waals surface area contributed by atoms with Crippen LogP contribution in [0.4, 0.5) is 5.69 Å². The molecule has 4 rings (SSSR count). The lowest BCUT2D eigenvalue weighted by Gasteiger charge is -2.19. The Kier molecular flexibility index (Phi) is 6.31. The van der Waals surface area contributed by atoms with E-state index in [1.54, 1.807) is 30.3 Å². The Labute approximate surface area is 198 Å². The number of nitrogens with zero attached hydrogens (tertiary/aromatic N) is 6. The van der Waals surface area contributed by atoms with Crippen LogP contribution in [0.5, 0.6) is 0 Å². The number of hydrogen-bond acceptors (Lipinski definition) is 11. The maximum absolute atomic E-state index is 12.5. The van der Waals surface area contributed by atoms with Crippen LogP contribution in [0.15, 0.2) is 76.8 Å². The van der Waals surface area contributed by atoms with E-state index in [-0.39, 0.29) is 28.1 Å². The molecule has 0 fully saturated rings. The highest BCUT2D eigenvalue weighted by atomic mass is 32.2. The number of hydrogen-bond donors (Lipinski definition) is 3. The van der Waals surface area contributed by atoms with Gasteiger partial charge in [0, 0.05) is 16.7 Å². The van der Waals surface area contributed by atoms with Gasteiger partial charge in [0.05, 0.1) is 29.5 Å². The zero-order chi connectivity index (χ0) is 25.2. The third-order valence-corrected chi connectivity index (χ3v) is 6.78. The summed E-state index contributed by atoms with van der Waals surface area (Å²) in [7, 11) is -10.5. The van der Waals surface area contributed by atoms with Crippen LogP contribution in [0.2, 0.25) is 0 Å². The Hall–Kier alpha value is -4.18. The standard InChI is InChI=1S/C20H15N7O6S2/c21-14-7-6-13(19(34(28,29)30)20(14)35(31,32)33)18(16-9-11-23-27-25-16)17(12-4-2-1-3-5-12)15-8-10-22-26-24-15/h1-11H,21H2,(H,28,29,30)(H,31,32,33). The molecule has 178 valence electrons. The quantitative estimate of drug-likeness (QED) is 0.188. The molecule has 0 bridgehead atoms. The summed E-state index contributed by atoms with van der Waals surface area (Å²) in [4.78, 5) is -2.34. The Bertz CT molecular complexity index is 1590. The highest BCUT2D eigenvalue weighted by Crippen LogP contribution is 2.41. The third-order valence-electron chi connectivity index (χ3n) is 4.76. The van der Waals surface area contributed by atoms with Gasteiger partial charge in [-0.2, -0.15) is 16.8 Å². The summed E-state index contributed by atoms with van der Waals surface area (Å²) in [5.41, 5.74) is 5.69. The van der Waals surface area contributed by atoms with Gasteiger partial charge in [-0.15, -0.1) is 20.4 Å². The Morgan fingerprint density at radius 3 is 1.71 bits per heavy atom. The molecule has 4 N–H and O–H groups in total. The second-order valence-electron chi connectivity index (χ2n) is 6.94. The molecule has 0 saturated heterocycles. The zero-order valence-corrected chi connectivity index (χ0v) is 19.1. The van der Waals surface area contributed by atoms with Gasteiger partial charge in [-0.25, -0.2) is 0 Å². The summed E-state index contributed by atoms with van der Waals surface area (Å²) in [6, 6.07) is 13.6. The Balaban J connectivity index is 2.30. The Morgan fingerprint density at radius 2 is 1.23 bits per heavy atom. The van der Waals surface area contributed by atoms with Gasteiger partial charge >= 0.3 is 0 Å². The van der Waals surface area contributed by atoms with Crippen molar-refractivity contribution in [3.8, 4) is 0 Å². The normalized spacial score (nSPS) is 12.7. The van der Waals surface area contributed by atoms with Crippen LogP contribution in [0, 0.1) is 0 Å². The smallest absolute Gasteiger partial charge is 0.298 e. The van der Waals surface area contributed by atoms with Crippen LogP contribution >= 0.6 is 0 Å². The van der Waals surface area contributed by atoms with Gasteiger partial charge in [0.25, 0.3) is 20.2 Å². The second-order valence-corrected chi connectivity index (χ2v) is 9.66.